The summed E-state index contributed by atoms with van der Waals surface area (Å²) in [5, 5.41) is 1.55. The van der Waals surface area contributed by atoms with Crippen molar-refractivity contribution < 1.29 is 4.79 Å². The molecule has 11 heavy (non-hydrogen) atoms. The maximum atomic E-state index is 11.3. The van der Waals surface area contributed by atoms with Crippen LogP contribution in [0.3, 0.4) is 0 Å². The molecule has 1 aliphatic carbocycles. The molecule has 0 saturated carbocycles. The average molecular weight is 150 g/mol. The molecule has 0 aromatic heterocycles. The highest BCUT2D eigenvalue weighted by molar-refractivity contribution is 5.83. The fraction of sp³-hybridized carbons (Fsp3) is 0.375. The number of nitrogens with one attached hydrogen (secondary N) is 1. The zero-order chi connectivity index (χ0) is 7.84. The van der Waals surface area contributed by atoms with E-state index in [-0.39, 0.29) is 17.9 Å². The largest absolute Gasteiger partial charge is 0.280 e. The first kappa shape index (κ1) is 6.61. The summed E-state index contributed by atoms with van der Waals surface area (Å²) >= 11 is 0. The van der Waals surface area contributed by atoms with Crippen molar-refractivity contribution in [3.05, 3.63) is 24.3 Å². The summed E-state index contributed by atoms with van der Waals surface area (Å²) in [6, 6.07) is 0.178. The Morgan fingerprint density at radius 2 is 2.18 bits per heavy atom. The SMILES string of the molecule is CN1NC2C=CC=CC2C1=O. The van der Waals surface area contributed by atoms with E-state index in [1.807, 2.05) is 24.3 Å². The highest BCUT2D eigenvalue weighted by Gasteiger charge is 2.35. The van der Waals surface area contributed by atoms with E-state index < -0.39 is 0 Å². The Kier molecular flexibility index (Phi) is 1.32. The van der Waals surface area contributed by atoms with Gasteiger partial charge in [0.15, 0.2) is 0 Å². The van der Waals surface area contributed by atoms with Crippen LogP contribution in [0.1, 0.15) is 0 Å². The number of nitrogens with zero attached hydrogens (tertiary/aromatic N) is 1. The van der Waals surface area contributed by atoms with Gasteiger partial charge in [0.25, 0.3) is 0 Å². The standard InChI is InChI=1S/C8H10N2O/c1-10-8(11)6-4-2-3-5-7(6)9-10/h2-7,9H,1H3. The Morgan fingerprint density at radius 1 is 1.45 bits per heavy atom. The van der Waals surface area contributed by atoms with Crippen molar-refractivity contribution >= 4 is 5.91 Å². The van der Waals surface area contributed by atoms with Gasteiger partial charge in [-0.1, -0.05) is 24.3 Å². The number of carbonyl (C=O) groups is 1. The Hall–Kier alpha value is -1.09. The van der Waals surface area contributed by atoms with Gasteiger partial charge < -0.3 is 0 Å². The van der Waals surface area contributed by atoms with E-state index in [0.29, 0.717) is 0 Å². The molecular weight excluding hydrogens is 140 g/mol. The molecule has 1 aliphatic heterocycles. The second-order valence-corrected chi connectivity index (χ2v) is 2.85. The number of hydrazine groups is 1. The number of hydrogen-bond acceptors (Lipinski definition) is 2. The number of fused-ring (bicyclic) bond motifs is 1. The number of rotatable bonds is 0. The lowest BCUT2D eigenvalue weighted by Gasteiger charge is -2.10. The van der Waals surface area contributed by atoms with Gasteiger partial charge in [-0.2, -0.15) is 0 Å². The van der Waals surface area contributed by atoms with Crippen molar-refractivity contribution in [3.63, 3.8) is 0 Å². The molecule has 0 radical (unpaired) electrons. The fourth-order valence-electron chi connectivity index (χ4n) is 1.48. The first-order chi connectivity index (χ1) is 5.29. The molecule has 2 rings (SSSR count). The minimum atomic E-state index is 0.0185. The van der Waals surface area contributed by atoms with Crippen LogP contribution in [0.4, 0.5) is 0 Å². The first-order valence-electron chi connectivity index (χ1n) is 3.68. The lowest BCUT2D eigenvalue weighted by Crippen LogP contribution is -2.33. The van der Waals surface area contributed by atoms with Crippen LogP contribution in [-0.4, -0.2) is 24.0 Å². The third kappa shape index (κ3) is 0.886. The molecule has 2 atom stereocenters. The number of allylic oxidation sites excluding steroid dienone is 2. The molecule has 2 aliphatic rings. The Labute approximate surface area is 65.3 Å². The Morgan fingerprint density at radius 3 is 2.91 bits per heavy atom. The van der Waals surface area contributed by atoms with E-state index in [4.69, 9.17) is 0 Å². The minimum Gasteiger partial charge on any atom is -0.280 e. The molecule has 0 aromatic carbocycles. The summed E-state index contributed by atoms with van der Waals surface area (Å²) in [6.07, 6.45) is 7.82. The topological polar surface area (TPSA) is 32.3 Å². The van der Waals surface area contributed by atoms with E-state index in [2.05, 4.69) is 5.43 Å². The van der Waals surface area contributed by atoms with Crippen LogP contribution in [0, 0.1) is 5.92 Å². The molecule has 0 bridgehead atoms. The zero-order valence-corrected chi connectivity index (χ0v) is 6.32. The van der Waals surface area contributed by atoms with Crippen LogP contribution >= 0.6 is 0 Å². The molecule has 2 unspecified atom stereocenters. The van der Waals surface area contributed by atoms with Crippen LogP contribution in [0.15, 0.2) is 24.3 Å². The van der Waals surface area contributed by atoms with Crippen molar-refractivity contribution in [2.45, 2.75) is 6.04 Å². The van der Waals surface area contributed by atoms with Crippen LogP contribution < -0.4 is 5.43 Å². The maximum absolute atomic E-state index is 11.3. The van der Waals surface area contributed by atoms with Gasteiger partial charge in [0.2, 0.25) is 5.91 Å². The molecule has 1 saturated heterocycles. The third-order valence-electron chi connectivity index (χ3n) is 2.09. The summed E-state index contributed by atoms with van der Waals surface area (Å²) in [7, 11) is 1.75. The molecule has 58 valence electrons. The van der Waals surface area contributed by atoms with Gasteiger partial charge in [-0.3, -0.25) is 9.80 Å². The summed E-state index contributed by atoms with van der Waals surface area (Å²) in [5.74, 6) is 0.167. The molecular formula is C8H10N2O. The van der Waals surface area contributed by atoms with Gasteiger partial charge in [0.05, 0.1) is 12.0 Å². The van der Waals surface area contributed by atoms with E-state index in [1.165, 1.54) is 0 Å². The number of carbonyl (C=O) groups excluding carboxylic acids is 1. The van der Waals surface area contributed by atoms with Gasteiger partial charge in [0, 0.05) is 7.05 Å². The van der Waals surface area contributed by atoms with E-state index in [1.54, 1.807) is 12.1 Å². The normalized spacial score (nSPS) is 34.6. The number of hydrogen-bond donors (Lipinski definition) is 1. The lowest BCUT2D eigenvalue weighted by molar-refractivity contribution is -0.130. The highest BCUT2D eigenvalue weighted by Crippen LogP contribution is 2.20. The van der Waals surface area contributed by atoms with Crippen molar-refractivity contribution in [1.82, 2.24) is 10.4 Å². The van der Waals surface area contributed by atoms with Gasteiger partial charge in [0.1, 0.15) is 0 Å². The molecule has 3 nitrogen and oxygen atoms in total. The molecule has 0 spiro atoms. The molecule has 3 heteroatoms. The van der Waals surface area contributed by atoms with Crippen LogP contribution in [0.5, 0.6) is 0 Å². The van der Waals surface area contributed by atoms with Crippen LogP contribution in [0.25, 0.3) is 0 Å². The summed E-state index contributed by atoms with van der Waals surface area (Å²) in [4.78, 5) is 11.3. The quantitative estimate of drug-likeness (QED) is 0.530. The van der Waals surface area contributed by atoms with Gasteiger partial charge in [-0.25, -0.2) is 5.43 Å². The van der Waals surface area contributed by atoms with Gasteiger partial charge >= 0.3 is 0 Å². The van der Waals surface area contributed by atoms with Crippen LogP contribution in [-0.2, 0) is 4.79 Å². The number of amides is 1. The molecule has 0 aromatic rings. The summed E-state index contributed by atoms with van der Waals surface area (Å²) < 4.78 is 0. The minimum absolute atomic E-state index is 0.0185. The van der Waals surface area contributed by atoms with Crippen LogP contribution in [0.2, 0.25) is 0 Å². The second-order valence-electron chi connectivity index (χ2n) is 2.85. The lowest BCUT2D eigenvalue weighted by atomic mass is 9.97. The van der Waals surface area contributed by atoms with Crippen molar-refractivity contribution in [3.8, 4) is 0 Å². The zero-order valence-electron chi connectivity index (χ0n) is 6.32. The van der Waals surface area contributed by atoms with Crippen molar-refractivity contribution in [2.75, 3.05) is 7.05 Å². The van der Waals surface area contributed by atoms with Gasteiger partial charge in [-0.15, -0.1) is 0 Å². The maximum Gasteiger partial charge on any atom is 0.245 e. The van der Waals surface area contributed by atoms with E-state index in [0.717, 1.165) is 0 Å². The first-order valence-corrected chi connectivity index (χ1v) is 3.68. The predicted octanol–water partition coefficient (Wildman–Crippen LogP) is 0.0738. The molecule has 1 heterocycles. The monoisotopic (exact) mass is 150 g/mol. The average Bonchev–Trinajstić information content (AvgIpc) is 2.30. The summed E-state index contributed by atoms with van der Waals surface area (Å²) in [6.45, 7) is 0. The van der Waals surface area contributed by atoms with E-state index >= 15 is 0 Å². The van der Waals surface area contributed by atoms with Crippen molar-refractivity contribution in [2.24, 2.45) is 5.92 Å². The highest BCUT2D eigenvalue weighted by atomic mass is 16.2. The van der Waals surface area contributed by atoms with Crippen molar-refractivity contribution in [1.29, 1.82) is 0 Å². The fourth-order valence-corrected chi connectivity index (χ4v) is 1.48. The van der Waals surface area contributed by atoms with E-state index in [9.17, 15) is 4.79 Å². The third-order valence-corrected chi connectivity index (χ3v) is 2.09. The molecule has 1 fully saturated rings. The molecule has 1 amide bonds. The Bertz CT molecular complexity index is 244. The smallest absolute Gasteiger partial charge is 0.245 e. The molecule has 1 N–H and O–H groups in total. The Balaban J connectivity index is 2.27. The van der Waals surface area contributed by atoms with Gasteiger partial charge in [-0.05, 0) is 0 Å². The predicted molar refractivity (Wildman–Crippen MR) is 41.5 cm³/mol. The summed E-state index contributed by atoms with van der Waals surface area (Å²) in [5.41, 5.74) is 3.05. The second kappa shape index (κ2) is 2.20.